The zero-order valence-corrected chi connectivity index (χ0v) is 51.7. The van der Waals surface area contributed by atoms with Gasteiger partial charge in [0.2, 0.25) is 11.8 Å². The van der Waals surface area contributed by atoms with Gasteiger partial charge >= 0.3 is 12.2 Å². The van der Waals surface area contributed by atoms with Crippen LogP contribution in [0.15, 0.2) is 103 Å². The van der Waals surface area contributed by atoms with Crippen molar-refractivity contribution in [2.45, 2.75) is 70.3 Å². The smallest absolute Gasteiger partial charge is 0.390 e. The number of nitrogen functional groups attached to an aromatic ring is 1. The van der Waals surface area contributed by atoms with Crippen LogP contribution < -0.4 is 31.2 Å². The first-order chi connectivity index (χ1) is 42.5. The number of carbonyl (C=O) groups excluding carboxylic acids is 4. The summed E-state index contributed by atoms with van der Waals surface area (Å²) in [6, 6.07) is 20.4. The zero-order chi connectivity index (χ0) is 62.9. The molecule has 0 aliphatic carbocycles. The van der Waals surface area contributed by atoms with Crippen molar-refractivity contribution in [3.63, 3.8) is 0 Å². The molecule has 0 bridgehead atoms. The van der Waals surface area contributed by atoms with Crippen LogP contribution in [-0.4, -0.2) is 195 Å². The number of alkyl halides is 3. The van der Waals surface area contributed by atoms with Crippen LogP contribution in [0.1, 0.15) is 59.8 Å². The molecule has 1 unspecified atom stereocenters. The van der Waals surface area contributed by atoms with Crippen molar-refractivity contribution in [3.8, 4) is 11.5 Å². The van der Waals surface area contributed by atoms with Gasteiger partial charge in [-0.2, -0.15) is 13.2 Å². The third-order valence-corrected chi connectivity index (χ3v) is 14.8. The standard InChI is InChI=1S/C55H67ClF3N11O9S.C6H14N2/c1-68(25-30-76-33-32-75-29-20-44-38-69(67-66-44)26-31-77-34-35-79-47-15-11-43(12-16-47)63-53(74)65-54-64-45(19-27-71)39-80-54)23-2-3-28-78-46-13-6-40(7-14-46)8-17-50(72)70(24-21-55(57,58)59)51(48-18-22-61-37-49(48)60)52(73)62-36-41-4-9-42(56)10-5-41;1-7-3-5-8(2)6-4-7/h4-7,9-16,18,22,27,37-39,51H,2-3,8,17,19-21,23-26,28-36,60H2,1H3,(H,62,73)(H2,63,64,65,74);3-6H2,1-2H3. The first kappa shape index (κ1) is 69.8. The Kier molecular flexibility index (Phi) is 30.3. The van der Waals surface area contributed by atoms with Gasteiger partial charge < -0.3 is 64.4 Å². The first-order valence-electron chi connectivity index (χ1n) is 29.2. The van der Waals surface area contributed by atoms with Crippen molar-refractivity contribution in [2.75, 3.05) is 136 Å². The number of nitrogens with zero attached hydrogens (tertiary/aromatic N) is 9. The molecule has 1 fully saturated rings. The zero-order valence-electron chi connectivity index (χ0n) is 50.1. The van der Waals surface area contributed by atoms with Crippen molar-refractivity contribution in [3.05, 3.63) is 136 Å². The molecule has 22 nitrogen and oxygen atoms in total. The average molecular weight is 1260 g/mol. The van der Waals surface area contributed by atoms with Gasteiger partial charge in [0.25, 0.3) is 0 Å². The van der Waals surface area contributed by atoms with Gasteiger partial charge in [0.1, 0.15) is 30.4 Å². The van der Waals surface area contributed by atoms with E-state index in [1.165, 1.54) is 56.0 Å². The molecule has 0 spiro atoms. The summed E-state index contributed by atoms with van der Waals surface area (Å²) >= 11 is 7.23. The average Bonchev–Trinajstić information content (AvgIpc) is 1.98. The Hall–Kier alpha value is -7.30. The van der Waals surface area contributed by atoms with Crippen LogP contribution >= 0.6 is 22.9 Å². The summed E-state index contributed by atoms with van der Waals surface area (Å²) in [4.78, 5) is 66.5. The van der Waals surface area contributed by atoms with E-state index in [0.717, 1.165) is 48.4 Å². The molecule has 1 atom stereocenters. The summed E-state index contributed by atoms with van der Waals surface area (Å²) < 4.78 is 71.4. The van der Waals surface area contributed by atoms with Gasteiger partial charge in [0, 0.05) is 99.1 Å². The SMILES string of the molecule is CN(CCCCOc1ccc(CCC(=O)N(CCC(F)(F)F)C(C(=O)NCc2ccc(Cl)cc2)c2ccncc2N)cc1)CCOCCOCCc1cn(CCOCCOc2ccc(NC(=O)Nc3nc(CC=O)cs3)cc2)nn1.CN1CCN(C)CC1. The molecule has 3 aromatic carbocycles. The molecule has 1 aliphatic heterocycles. The van der Waals surface area contributed by atoms with Gasteiger partial charge in [-0.15, -0.1) is 16.4 Å². The molecule has 1 aliphatic rings. The van der Waals surface area contributed by atoms with E-state index in [2.05, 4.69) is 65.0 Å². The van der Waals surface area contributed by atoms with E-state index in [9.17, 15) is 32.3 Å². The summed E-state index contributed by atoms with van der Waals surface area (Å²) in [5.41, 5.74) is 9.88. The van der Waals surface area contributed by atoms with E-state index in [4.69, 9.17) is 41.0 Å². The molecule has 1 saturated heterocycles. The number of benzene rings is 3. The molecule has 0 saturated carbocycles. The lowest BCUT2D eigenvalue weighted by molar-refractivity contribution is -0.152. The van der Waals surface area contributed by atoms with E-state index in [0.29, 0.717) is 104 Å². The van der Waals surface area contributed by atoms with Gasteiger partial charge in [-0.3, -0.25) is 19.9 Å². The number of amides is 4. The van der Waals surface area contributed by atoms with Crippen LogP contribution in [0.2, 0.25) is 5.02 Å². The van der Waals surface area contributed by atoms with Crippen LogP contribution in [0, 0.1) is 0 Å². The molecule has 478 valence electrons. The second-order valence-corrected chi connectivity index (χ2v) is 22.1. The predicted octanol–water partition coefficient (Wildman–Crippen LogP) is 7.85. The summed E-state index contributed by atoms with van der Waals surface area (Å²) in [5.74, 6) is -0.0479. The quantitative estimate of drug-likeness (QED) is 0.0216. The predicted molar refractivity (Wildman–Crippen MR) is 332 cm³/mol. The Morgan fingerprint density at radius 1 is 0.773 bits per heavy atom. The highest BCUT2D eigenvalue weighted by Crippen LogP contribution is 2.30. The second-order valence-electron chi connectivity index (χ2n) is 20.8. The maximum Gasteiger partial charge on any atom is 0.390 e. The highest BCUT2D eigenvalue weighted by molar-refractivity contribution is 7.14. The third-order valence-electron chi connectivity index (χ3n) is 13.8. The van der Waals surface area contributed by atoms with Gasteiger partial charge in [0.15, 0.2) is 5.13 Å². The number of likely N-dealkylation sites (N-methyl/N-ethyl adjacent to an activating group) is 3. The molecule has 7 rings (SSSR count). The highest BCUT2D eigenvalue weighted by Gasteiger charge is 2.36. The van der Waals surface area contributed by atoms with Crippen LogP contribution in [0.25, 0.3) is 0 Å². The molecule has 5 N–H and O–H groups in total. The van der Waals surface area contributed by atoms with Crippen LogP contribution in [-0.2, 0) is 60.9 Å². The number of hydrogen-bond donors (Lipinski definition) is 4. The number of pyridine rings is 1. The fourth-order valence-corrected chi connectivity index (χ4v) is 9.53. The van der Waals surface area contributed by atoms with Gasteiger partial charge in [-0.25, -0.2) is 14.5 Å². The van der Waals surface area contributed by atoms with E-state index in [-0.39, 0.29) is 37.1 Å². The number of carbonyl (C=O) groups is 4. The second kappa shape index (κ2) is 38.2. The fraction of sp³-hybridized carbons (Fsp3) is 0.475. The number of ether oxygens (including phenoxy) is 5. The van der Waals surface area contributed by atoms with Gasteiger partial charge in [0.05, 0.1) is 82.5 Å². The number of nitrogens with one attached hydrogen (secondary N) is 3. The molecule has 3 aromatic heterocycles. The number of hydrogen-bond acceptors (Lipinski definition) is 18. The number of halogens is 4. The van der Waals surface area contributed by atoms with Crippen LogP contribution in [0.4, 0.5) is 34.5 Å². The largest absolute Gasteiger partial charge is 0.494 e. The van der Waals surface area contributed by atoms with Crippen molar-refractivity contribution in [1.82, 2.24) is 49.9 Å². The number of thiazole rings is 1. The van der Waals surface area contributed by atoms with Crippen molar-refractivity contribution >= 4 is 63.6 Å². The number of piperazine rings is 1. The fourth-order valence-electron chi connectivity index (χ4n) is 8.69. The van der Waals surface area contributed by atoms with E-state index in [1.54, 1.807) is 70.7 Å². The molecule has 27 heteroatoms. The minimum absolute atomic E-state index is 0.0469. The van der Waals surface area contributed by atoms with Crippen molar-refractivity contribution in [2.24, 2.45) is 0 Å². The van der Waals surface area contributed by atoms with E-state index in [1.807, 2.05) is 25.4 Å². The number of aryl methyl sites for hydroxylation is 1. The molecule has 0 radical (unpaired) electrons. The molecule has 88 heavy (non-hydrogen) atoms. The van der Waals surface area contributed by atoms with E-state index < -0.39 is 43.0 Å². The lowest BCUT2D eigenvalue weighted by Crippen LogP contribution is -2.45. The number of rotatable bonds is 36. The number of aromatic nitrogens is 5. The molecule has 4 heterocycles. The Morgan fingerprint density at radius 3 is 2.12 bits per heavy atom. The maximum absolute atomic E-state index is 13.8. The van der Waals surface area contributed by atoms with Crippen LogP contribution in [0.3, 0.4) is 0 Å². The first-order valence-corrected chi connectivity index (χ1v) is 30.4. The van der Waals surface area contributed by atoms with Gasteiger partial charge in [-0.05, 0) is 113 Å². The lowest BCUT2D eigenvalue weighted by atomic mass is 10.0. The third kappa shape index (κ3) is 27.0. The Morgan fingerprint density at radius 2 is 1.43 bits per heavy atom. The molecular formula is C61H81ClF3N13O9S. The van der Waals surface area contributed by atoms with Crippen molar-refractivity contribution in [1.29, 1.82) is 0 Å². The normalized spacial score (nSPS) is 13.1. The Labute approximate surface area is 521 Å². The Bertz CT molecular complexity index is 2980. The topological polar surface area (TPSA) is 246 Å². The number of unbranched alkanes of at least 4 members (excludes halogenated alkanes) is 1. The number of aldehydes is 1. The molecular weight excluding hydrogens is 1180 g/mol. The Balaban J connectivity index is 0.00000142. The van der Waals surface area contributed by atoms with Crippen LogP contribution in [0.5, 0.6) is 11.5 Å². The summed E-state index contributed by atoms with van der Waals surface area (Å²) in [6.07, 6.45) is 2.00. The lowest BCUT2D eigenvalue weighted by Gasteiger charge is -2.32. The monoisotopic (exact) mass is 1260 g/mol. The maximum atomic E-state index is 13.8. The number of anilines is 3. The van der Waals surface area contributed by atoms with Crippen molar-refractivity contribution < 1.29 is 56.0 Å². The highest BCUT2D eigenvalue weighted by atomic mass is 35.5. The van der Waals surface area contributed by atoms with Gasteiger partial charge in [-0.1, -0.05) is 41.1 Å². The summed E-state index contributed by atoms with van der Waals surface area (Å²) in [6.45, 7) is 10.0. The number of nitrogens with two attached hydrogens (primary N) is 1. The molecule has 4 amide bonds. The number of urea groups is 1. The van der Waals surface area contributed by atoms with E-state index >= 15 is 0 Å². The summed E-state index contributed by atoms with van der Waals surface area (Å²) in [7, 11) is 6.38. The molecule has 6 aromatic rings. The summed E-state index contributed by atoms with van der Waals surface area (Å²) in [5, 5.41) is 19.1. The minimum Gasteiger partial charge on any atom is -0.494 e. The minimum atomic E-state index is -4.58.